The van der Waals surface area contributed by atoms with Crippen molar-refractivity contribution in [3.05, 3.63) is 65.2 Å². The molecule has 0 saturated heterocycles. The molecule has 1 aliphatic carbocycles. The molecule has 0 bridgehead atoms. The van der Waals surface area contributed by atoms with Crippen molar-refractivity contribution in [3.8, 4) is 0 Å². The van der Waals surface area contributed by atoms with Crippen LogP contribution >= 0.6 is 0 Å². The van der Waals surface area contributed by atoms with Crippen molar-refractivity contribution >= 4 is 11.6 Å². The fraction of sp³-hybridized carbons (Fsp3) is 0.235. The molecule has 0 fully saturated rings. The predicted molar refractivity (Wildman–Crippen MR) is 80.5 cm³/mol. The number of hydrogen-bond donors (Lipinski definition) is 1. The Morgan fingerprint density at radius 1 is 1.15 bits per heavy atom. The maximum Gasteiger partial charge on any atom is 0.254 e. The van der Waals surface area contributed by atoms with Gasteiger partial charge in [0.1, 0.15) is 0 Å². The van der Waals surface area contributed by atoms with Gasteiger partial charge in [-0.1, -0.05) is 24.3 Å². The molecule has 0 aromatic heterocycles. The first kappa shape index (κ1) is 12.7. The average Bonchev–Trinajstić information content (AvgIpc) is 2.90. The predicted octanol–water partition coefficient (Wildman–Crippen LogP) is 3.03. The summed E-state index contributed by atoms with van der Waals surface area (Å²) in [5.74, 6) is 0.0479. The van der Waals surface area contributed by atoms with Crippen LogP contribution in [0.2, 0.25) is 0 Å². The van der Waals surface area contributed by atoms with Gasteiger partial charge in [-0.25, -0.2) is 0 Å². The van der Waals surface area contributed by atoms with Crippen molar-refractivity contribution in [1.82, 2.24) is 4.90 Å². The summed E-state index contributed by atoms with van der Waals surface area (Å²) in [6.45, 7) is 0. The van der Waals surface area contributed by atoms with E-state index >= 15 is 0 Å². The number of carbonyl (C=O) groups excluding carboxylic acids is 1. The van der Waals surface area contributed by atoms with Crippen LogP contribution < -0.4 is 5.73 Å². The molecule has 1 aliphatic rings. The van der Waals surface area contributed by atoms with E-state index in [0.29, 0.717) is 11.3 Å². The molecule has 2 aromatic carbocycles. The van der Waals surface area contributed by atoms with Gasteiger partial charge in [0.15, 0.2) is 0 Å². The van der Waals surface area contributed by atoms with Crippen molar-refractivity contribution < 1.29 is 4.79 Å². The fourth-order valence-corrected chi connectivity index (χ4v) is 2.91. The molecule has 3 nitrogen and oxygen atoms in total. The molecule has 2 N–H and O–H groups in total. The summed E-state index contributed by atoms with van der Waals surface area (Å²) in [5, 5.41) is 0. The minimum absolute atomic E-state index is 0.0479. The summed E-state index contributed by atoms with van der Waals surface area (Å²) in [7, 11) is 1.88. The van der Waals surface area contributed by atoms with E-state index in [1.54, 1.807) is 24.3 Å². The topological polar surface area (TPSA) is 46.3 Å². The van der Waals surface area contributed by atoms with Gasteiger partial charge >= 0.3 is 0 Å². The highest BCUT2D eigenvalue weighted by Gasteiger charge is 2.28. The van der Waals surface area contributed by atoms with Gasteiger partial charge < -0.3 is 10.6 Å². The van der Waals surface area contributed by atoms with Crippen LogP contribution in [0.25, 0.3) is 0 Å². The Labute approximate surface area is 119 Å². The third-order valence-corrected chi connectivity index (χ3v) is 4.05. The van der Waals surface area contributed by atoms with Gasteiger partial charge in [-0.15, -0.1) is 0 Å². The lowest BCUT2D eigenvalue weighted by Gasteiger charge is -2.25. The quantitative estimate of drug-likeness (QED) is 0.849. The first-order valence-corrected chi connectivity index (χ1v) is 6.87. The highest BCUT2D eigenvalue weighted by atomic mass is 16.2. The van der Waals surface area contributed by atoms with Gasteiger partial charge in [0, 0.05) is 18.3 Å². The van der Waals surface area contributed by atoms with Crippen LogP contribution in [-0.2, 0) is 6.42 Å². The summed E-state index contributed by atoms with van der Waals surface area (Å²) in [6.07, 6.45) is 2.04. The number of amides is 1. The molecule has 0 spiro atoms. The van der Waals surface area contributed by atoms with E-state index in [4.69, 9.17) is 5.73 Å². The molecular weight excluding hydrogens is 248 g/mol. The second-order valence-electron chi connectivity index (χ2n) is 5.29. The summed E-state index contributed by atoms with van der Waals surface area (Å²) < 4.78 is 0. The number of rotatable bonds is 2. The largest absolute Gasteiger partial charge is 0.399 e. The van der Waals surface area contributed by atoms with E-state index < -0.39 is 0 Å². The molecule has 1 unspecified atom stereocenters. The Kier molecular flexibility index (Phi) is 3.18. The molecule has 0 aliphatic heterocycles. The molecule has 0 heterocycles. The minimum Gasteiger partial charge on any atom is -0.399 e. The number of nitrogens with zero attached hydrogens (tertiary/aromatic N) is 1. The Morgan fingerprint density at radius 2 is 1.85 bits per heavy atom. The number of anilines is 1. The number of fused-ring (bicyclic) bond motifs is 1. The number of aryl methyl sites for hydroxylation is 1. The molecule has 0 saturated carbocycles. The van der Waals surface area contributed by atoms with E-state index in [0.717, 1.165) is 12.8 Å². The highest BCUT2D eigenvalue weighted by Crippen LogP contribution is 2.35. The van der Waals surface area contributed by atoms with Gasteiger partial charge in [-0.2, -0.15) is 0 Å². The molecule has 20 heavy (non-hydrogen) atoms. The van der Waals surface area contributed by atoms with Gasteiger partial charge in [0.25, 0.3) is 5.91 Å². The van der Waals surface area contributed by atoms with E-state index in [9.17, 15) is 4.79 Å². The maximum atomic E-state index is 12.5. The third-order valence-electron chi connectivity index (χ3n) is 4.05. The summed E-state index contributed by atoms with van der Waals surface area (Å²) in [5.41, 5.74) is 9.66. The standard InChI is InChI=1S/C17H18N2O/c1-19(17(20)13-6-9-14(18)10-7-13)16-11-8-12-4-2-3-5-15(12)16/h2-7,9-10,16H,8,11,18H2,1H3. The second kappa shape index (κ2) is 5.00. The van der Waals surface area contributed by atoms with Crippen molar-refractivity contribution in [2.75, 3.05) is 12.8 Å². The van der Waals surface area contributed by atoms with E-state index in [-0.39, 0.29) is 11.9 Å². The molecule has 2 aromatic rings. The van der Waals surface area contributed by atoms with Crippen LogP contribution in [0, 0.1) is 0 Å². The van der Waals surface area contributed by atoms with Crippen molar-refractivity contribution in [3.63, 3.8) is 0 Å². The average molecular weight is 266 g/mol. The van der Waals surface area contributed by atoms with Crippen molar-refractivity contribution in [2.24, 2.45) is 0 Å². The number of carbonyl (C=O) groups is 1. The Morgan fingerprint density at radius 3 is 2.60 bits per heavy atom. The molecule has 0 radical (unpaired) electrons. The van der Waals surface area contributed by atoms with Gasteiger partial charge in [0.05, 0.1) is 6.04 Å². The maximum absolute atomic E-state index is 12.5. The molecule has 1 amide bonds. The minimum atomic E-state index is 0.0479. The lowest BCUT2D eigenvalue weighted by molar-refractivity contribution is 0.0730. The number of nitrogens with two attached hydrogens (primary N) is 1. The van der Waals surface area contributed by atoms with Crippen molar-refractivity contribution in [2.45, 2.75) is 18.9 Å². The first-order valence-electron chi connectivity index (χ1n) is 6.87. The molecule has 3 rings (SSSR count). The fourth-order valence-electron chi connectivity index (χ4n) is 2.91. The zero-order chi connectivity index (χ0) is 14.1. The highest BCUT2D eigenvalue weighted by molar-refractivity contribution is 5.94. The summed E-state index contributed by atoms with van der Waals surface area (Å²) in [6, 6.07) is 15.7. The molecular formula is C17H18N2O. The molecule has 1 atom stereocenters. The SMILES string of the molecule is CN(C(=O)c1ccc(N)cc1)C1CCc2ccccc21. The number of hydrogen-bond acceptors (Lipinski definition) is 2. The van der Waals surface area contributed by atoms with E-state index in [2.05, 4.69) is 18.2 Å². The third kappa shape index (κ3) is 2.16. The monoisotopic (exact) mass is 266 g/mol. The first-order chi connectivity index (χ1) is 9.66. The van der Waals surface area contributed by atoms with Crippen molar-refractivity contribution in [1.29, 1.82) is 0 Å². The second-order valence-corrected chi connectivity index (χ2v) is 5.29. The van der Waals surface area contributed by atoms with Crippen LogP contribution in [0.3, 0.4) is 0 Å². The van der Waals surface area contributed by atoms with E-state index in [1.165, 1.54) is 11.1 Å². The van der Waals surface area contributed by atoms with Crippen LogP contribution in [0.5, 0.6) is 0 Å². The normalized spacial score (nSPS) is 16.8. The summed E-state index contributed by atoms with van der Waals surface area (Å²) >= 11 is 0. The van der Waals surface area contributed by atoms with Gasteiger partial charge in [-0.3, -0.25) is 4.79 Å². The number of nitrogen functional groups attached to an aromatic ring is 1. The van der Waals surface area contributed by atoms with Gasteiger partial charge in [0.2, 0.25) is 0 Å². The Hall–Kier alpha value is -2.29. The summed E-state index contributed by atoms with van der Waals surface area (Å²) in [4.78, 5) is 14.4. The number of benzene rings is 2. The lowest BCUT2D eigenvalue weighted by atomic mass is 10.1. The van der Waals surface area contributed by atoms with Crippen LogP contribution in [0.4, 0.5) is 5.69 Å². The Bertz CT molecular complexity index is 634. The zero-order valence-electron chi connectivity index (χ0n) is 11.5. The van der Waals surface area contributed by atoms with Crippen LogP contribution in [0.15, 0.2) is 48.5 Å². The Balaban J connectivity index is 1.85. The van der Waals surface area contributed by atoms with Crippen LogP contribution in [0.1, 0.15) is 33.9 Å². The van der Waals surface area contributed by atoms with Gasteiger partial charge in [-0.05, 0) is 48.2 Å². The smallest absolute Gasteiger partial charge is 0.254 e. The van der Waals surface area contributed by atoms with E-state index in [1.807, 2.05) is 18.0 Å². The van der Waals surface area contributed by atoms with Crippen LogP contribution in [-0.4, -0.2) is 17.9 Å². The lowest BCUT2D eigenvalue weighted by Crippen LogP contribution is -2.30. The molecule has 102 valence electrons. The zero-order valence-corrected chi connectivity index (χ0v) is 11.5. The molecule has 3 heteroatoms.